The molecule has 1 aromatic rings. The first kappa shape index (κ1) is 13.4. The summed E-state index contributed by atoms with van der Waals surface area (Å²) >= 11 is 0. The van der Waals surface area contributed by atoms with Crippen LogP contribution in [0.25, 0.3) is 0 Å². The van der Waals surface area contributed by atoms with Crippen molar-refractivity contribution >= 4 is 5.69 Å². The Morgan fingerprint density at radius 3 is 2.72 bits per heavy atom. The van der Waals surface area contributed by atoms with E-state index < -0.39 is 0 Å². The molecular formula is C14H26N4. The molecule has 2 atom stereocenters. The van der Waals surface area contributed by atoms with Crippen LogP contribution in [0, 0.1) is 5.92 Å². The molecule has 1 aromatic heterocycles. The zero-order valence-electron chi connectivity index (χ0n) is 12.3. The molecule has 0 amide bonds. The van der Waals surface area contributed by atoms with Gasteiger partial charge in [0, 0.05) is 32.4 Å². The summed E-state index contributed by atoms with van der Waals surface area (Å²) in [6.07, 6.45) is 3.38. The van der Waals surface area contributed by atoms with Crippen molar-refractivity contribution in [2.24, 2.45) is 13.0 Å². The van der Waals surface area contributed by atoms with Crippen LogP contribution in [-0.2, 0) is 7.05 Å². The number of aryl methyl sites for hydroxylation is 1. The van der Waals surface area contributed by atoms with Gasteiger partial charge in [-0.25, -0.2) is 0 Å². The van der Waals surface area contributed by atoms with Gasteiger partial charge in [0.25, 0.3) is 0 Å². The summed E-state index contributed by atoms with van der Waals surface area (Å²) in [6.45, 7) is 9.02. The highest BCUT2D eigenvalue weighted by Crippen LogP contribution is 2.29. The standard InChI is InChI=1S/C14H26N4/c1-10(2)14-13(9-17(5)16-14)18-7-6-12(15-4)11(3)8-18/h9-12,15H,6-8H2,1-5H3. The smallest absolute Gasteiger partial charge is 0.0883 e. The molecule has 0 spiro atoms. The van der Waals surface area contributed by atoms with Gasteiger partial charge < -0.3 is 10.2 Å². The van der Waals surface area contributed by atoms with E-state index in [-0.39, 0.29) is 0 Å². The predicted molar refractivity (Wildman–Crippen MR) is 76.1 cm³/mol. The van der Waals surface area contributed by atoms with Crippen LogP contribution in [-0.4, -0.2) is 36.0 Å². The normalized spacial score (nSPS) is 24.9. The molecule has 1 aliphatic rings. The van der Waals surface area contributed by atoms with Crippen LogP contribution in [0.15, 0.2) is 6.20 Å². The minimum atomic E-state index is 0.485. The summed E-state index contributed by atoms with van der Waals surface area (Å²) in [7, 11) is 4.08. The van der Waals surface area contributed by atoms with Gasteiger partial charge in [0.1, 0.15) is 0 Å². The molecule has 4 heteroatoms. The molecule has 2 unspecified atom stereocenters. The van der Waals surface area contributed by atoms with Crippen molar-refractivity contribution in [2.75, 3.05) is 25.0 Å². The average Bonchev–Trinajstić information content (AvgIpc) is 2.71. The van der Waals surface area contributed by atoms with E-state index in [1.54, 1.807) is 0 Å². The largest absolute Gasteiger partial charge is 0.368 e. The number of hydrogen-bond donors (Lipinski definition) is 1. The Bertz CT molecular complexity index is 396. The van der Waals surface area contributed by atoms with Gasteiger partial charge in [0.2, 0.25) is 0 Å². The number of nitrogens with one attached hydrogen (secondary N) is 1. The van der Waals surface area contributed by atoms with Crippen LogP contribution in [0.3, 0.4) is 0 Å². The molecule has 0 aliphatic carbocycles. The highest BCUT2D eigenvalue weighted by molar-refractivity contribution is 5.51. The van der Waals surface area contributed by atoms with Crippen LogP contribution in [0.1, 0.15) is 38.8 Å². The molecule has 4 nitrogen and oxygen atoms in total. The SMILES string of the molecule is CNC1CCN(c2cn(C)nc2C(C)C)CC1C. The summed E-state index contributed by atoms with van der Waals surface area (Å²) < 4.78 is 1.94. The van der Waals surface area contributed by atoms with Gasteiger partial charge >= 0.3 is 0 Å². The monoisotopic (exact) mass is 250 g/mol. The van der Waals surface area contributed by atoms with E-state index in [0.717, 1.165) is 13.1 Å². The molecule has 0 bridgehead atoms. The lowest BCUT2D eigenvalue weighted by molar-refractivity contribution is 0.338. The summed E-state index contributed by atoms with van der Waals surface area (Å²) in [4.78, 5) is 2.50. The molecule has 2 rings (SSSR count). The van der Waals surface area contributed by atoms with Crippen LogP contribution in [0.2, 0.25) is 0 Å². The molecular weight excluding hydrogens is 224 g/mol. The van der Waals surface area contributed by atoms with Crippen molar-refractivity contribution in [1.82, 2.24) is 15.1 Å². The van der Waals surface area contributed by atoms with Crippen molar-refractivity contribution in [3.05, 3.63) is 11.9 Å². The number of nitrogens with zero attached hydrogens (tertiary/aromatic N) is 3. The molecule has 102 valence electrons. The summed E-state index contributed by atoms with van der Waals surface area (Å²) in [6, 6.07) is 0.653. The molecule has 0 radical (unpaired) electrons. The third-order valence-electron chi connectivity index (χ3n) is 4.00. The molecule has 18 heavy (non-hydrogen) atoms. The highest BCUT2D eigenvalue weighted by atomic mass is 15.3. The molecule has 1 fully saturated rings. The van der Waals surface area contributed by atoms with Crippen LogP contribution < -0.4 is 10.2 Å². The van der Waals surface area contributed by atoms with E-state index in [1.165, 1.54) is 17.8 Å². The first-order valence-electron chi connectivity index (χ1n) is 6.98. The predicted octanol–water partition coefficient (Wildman–Crippen LogP) is 1.98. The maximum Gasteiger partial charge on any atom is 0.0883 e. The van der Waals surface area contributed by atoms with Gasteiger partial charge in [-0.15, -0.1) is 0 Å². The fourth-order valence-corrected chi connectivity index (χ4v) is 2.94. The molecule has 0 saturated carbocycles. The summed E-state index contributed by atoms with van der Waals surface area (Å²) in [5, 5.41) is 8.03. The summed E-state index contributed by atoms with van der Waals surface area (Å²) in [5.74, 6) is 1.17. The van der Waals surface area contributed by atoms with E-state index in [9.17, 15) is 0 Å². The quantitative estimate of drug-likeness (QED) is 0.890. The first-order valence-corrected chi connectivity index (χ1v) is 6.98. The third-order valence-corrected chi connectivity index (χ3v) is 4.00. The number of aromatic nitrogens is 2. The van der Waals surface area contributed by atoms with E-state index in [0.29, 0.717) is 17.9 Å². The van der Waals surface area contributed by atoms with Crippen molar-refractivity contribution in [1.29, 1.82) is 0 Å². The average molecular weight is 250 g/mol. The summed E-state index contributed by atoms with van der Waals surface area (Å²) in [5.41, 5.74) is 2.56. The van der Waals surface area contributed by atoms with E-state index in [1.807, 2.05) is 11.7 Å². The lowest BCUT2D eigenvalue weighted by Gasteiger charge is -2.38. The van der Waals surface area contributed by atoms with E-state index in [4.69, 9.17) is 0 Å². The minimum absolute atomic E-state index is 0.485. The Morgan fingerprint density at radius 1 is 1.44 bits per heavy atom. The lowest BCUT2D eigenvalue weighted by atomic mass is 9.93. The molecule has 1 saturated heterocycles. The Labute approximate surface area is 110 Å². The van der Waals surface area contributed by atoms with Gasteiger partial charge in [-0.2, -0.15) is 5.10 Å². The Hall–Kier alpha value is -1.03. The topological polar surface area (TPSA) is 33.1 Å². The van der Waals surface area contributed by atoms with Crippen molar-refractivity contribution < 1.29 is 0 Å². The second-order valence-electron chi connectivity index (χ2n) is 5.84. The Balaban J connectivity index is 2.17. The molecule has 1 N–H and O–H groups in total. The zero-order valence-corrected chi connectivity index (χ0v) is 12.3. The van der Waals surface area contributed by atoms with E-state index in [2.05, 4.69) is 49.3 Å². The molecule has 0 aromatic carbocycles. The third kappa shape index (κ3) is 2.53. The van der Waals surface area contributed by atoms with Gasteiger partial charge in [-0.05, 0) is 25.3 Å². The highest BCUT2D eigenvalue weighted by Gasteiger charge is 2.27. The number of rotatable bonds is 3. The van der Waals surface area contributed by atoms with Gasteiger partial charge in [-0.1, -0.05) is 20.8 Å². The van der Waals surface area contributed by atoms with Crippen molar-refractivity contribution in [3.8, 4) is 0 Å². The van der Waals surface area contributed by atoms with Crippen molar-refractivity contribution in [2.45, 2.75) is 39.2 Å². The maximum atomic E-state index is 4.61. The van der Waals surface area contributed by atoms with Crippen molar-refractivity contribution in [3.63, 3.8) is 0 Å². The van der Waals surface area contributed by atoms with Crippen LogP contribution in [0.5, 0.6) is 0 Å². The maximum absolute atomic E-state index is 4.61. The fourth-order valence-electron chi connectivity index (χ4n) is 2.94. The van der Waals surface area contributed by atoms with Gasteiger partial charge in [0.05, 0.1) is 11.4 Å². The second kappa shape index (κ2) is 5.31. The van der Waals surface area contributed by atoms with E-state index >= 15 is 0 Å². The zero-order chi connectivity index (χ0) is 13.3. The molecule has 2 heterocycles. The number of anilines is 1. The first-order chi connectivity index (χ1) is 8.52. The van der Waals surface area contributed by atoms with Gasteiger partial charge in [-0.3, -0.25) is 4.68 Å². The number of piperidine rings is 1. The molecule has 1 aliphatic heterocycles. The van der Waals surface area contributed by atoms with Crippen LogP contribution in [0.4, 0.5) is 5.69 Å². The Morgan fingerprint density at radius 2 is 2.17 bits per heavy atom. The number of hydrogen-bond acceptors (Lipinski definition) is 3. The second-order valence-corrected chi connectivity index (χ2v) is 5.84. The van der Waals surface area contributed by atoms with Gasteiger partial charge in [0.15, 0.2) is 0 Å². The van der Waals surface area contributed by atoms with Crippen LogP contribution >= 0.6 is 0 Å². The minimum Gasteiger partial charge on any atom is -0.368 e. The fraction of sp³-hybridized carbons (Fsp3) is 0.786. The Kier molecular flexibility index (Phi) is 3.95. The lowest BCUT2D eigenvalue weighted by Crippen LogP contribution is -2.47.